The number of rotatable bonds is 4. The summed E-state index contributed by atoms with van der Waals surface area (Å²) < 4.78 is 28.0. The number of aryl methyl sites for hydroxylation is 1. The van der Waals surface area contributed by atoms with E-state index in [0.29, 0.717) is 0 Å². The third kappa shape index (κ3) is 2.63. The third-order valence-electron chi connectivity index (χ3n) is 3.21. The lowest BCUT2D eigenvalue weighted by Crippen LogP contribution is -2.36. The second kappa shape index (κ2) is 5.11. The summed E-state index contributed by atoms with van der Waals surface area (Å²) in [5, 5.41) is -0.570. The number of imidazole rings is 1. The number of fused-ring (bicyclic) bond motifs is 1. The van der Waals surface area contributed by atoms with Crippen LogP contribution in [0.2, 0.25) is 0 Å². The van der Waals surface area contributed by atoms with Gasteiger partial charge in [-0.05, 0) is 13.8 Å². The highest BCUT2D eigenvalue weighted by Gasteiger charge is 2.17. The fraction of sp³-hybridized carbons (Fsp3) is 0.545. The highest BCUT2D eigenvalue weighted by atomic mass is 32.2. The van der Waals surface area contributed by atoms with E-state index in [1.54, 1.807) is 13.8 Å². The summed E-state index contributed by atoms with van der Waals surface area (Å²) in [6.45, 7) is 3.04. The van der Waals surface area contributed by atoms with Gasteiger partial charge in [0.05, 0.1) is 11.8 Å². The first-order valence-corrected chi connectivity index (χ1v) is 7.83. The maximum Gasteiger partial charge on any atom is 0.332 e. The van der Waals surface area contributed by atoms with Gasteiger partial charge in [0.25, 0.3) is 5.56 Å². The molecule has 0 radical (unpaired) electrons. The number of nitrogens with one attached hydrogen (secondary N) is 2. The first-order chi connectivity index (χ1) is 9.65. The molecule has 0 fully saturated rings. The molecule has 0 saturated heterocycles. The van der Waals surface area contributed by atoms with E-state index in [4.69, 9.17) is 0 Å². The van der Waals surface area contributed by atoms with Crippen LogP contribution in [0.1, 0.15) is 19.7 Å². The van der Waals surface area contributed by atoms with Gasteiger partial charge >= 0.3 is 5.69 Å². The number of sulfonamides is 1. The molecule has 0 aliphatic heterocycles. The molecule has 10 heteroatoms. The standard InChI is InChI=1S/C11H17N5O4S/c1-6(2)21(19,20)12-5-7-13-8-9(14-7)15(3)11(18)16(4)10(8)17/h6,12H,5H2,1-4H3,(H,13,14). The molecule has 0 saturated carbocycles. The lowest BCUT2D eigenvalue weighted by Gasteiger charge is -2.07. The van der Waals surface area contributed by atoms with Crippen LogP contribution in [0.3, 0.4) is 0 Å². The summed E-state index contributed by atoms with van der Waals surface area (Å²) in [4.78, 5) is 30.6. The zero-order valence-electron chi connectivity index (χ0n) is 12.2. The van der Waals surface area contributed by atoms with Crippen molar-refractivity contribution in [2.45, 2.75) is 25.6 Å². The predicted molar refractivity (Wildman–Crippen MR) is 77.5 cm³/mol. The summed E-state index contributed by atoms with van der Waals surface area (Å²) in [5.74, 6) is 0.271. The van der Waals surface area contributed by atoms with Crippen LogP contribution >= 0.6 is 0 Å². The topological polar surface area (TPSA) is 119 Å². The SMILES string of the molecule is CC(C)S(=O)(=O)NCc1nc2c([nH]1)c(=O)n(C)c(=O)n2C. The lowest BCUT2D eigenvalue weighted by atomic mass is 10.5. The van der Waals surface area contributed by atoms with Crippen molar-refractivity contribution in [3.63, 3.8) is 0 Å². The van der Waals surface area contributed by atoms with Gasteiger partial charge in [-0.15, -0.1) is 0 Å². The molecule has 21 heavy (non-hydrogen) atoms. The van der Waals surface area contributed by atoms with E-state index >= 15 is 0 Å². The van der Waals surface area contributed by atoms with Gasteiger partial charge in [0.15, 0.2) is 5.65 Å². The van der Waals surface area contributed by atoms with Gasteiger partial charge in [-0.3, -0.25) is 13.9 Å². The van der Waals surface area contributed by atoms with E-state index in [1.807, 2.05) is 0 Å². The van der Waals surface area contributed by atoms with Gasteiger partial charge in [0.1, 0.15) is 11.3 Å². The highest BCUT2D eigenvalue weighted by Crippen LogP contribution is 2.05. The summed E-state index contributed by atoms with van der Waals surface area (Å²) >= 11 is 0. The van der Waals surface area contributed by atoms with Crippen LogP contribution in [0, 0.1) is 0 Å². The fourth-order valence-electron chi connectivity index (χ4n) is 1.79. The van der Waals surface area contributed by atoms with Crippen molar-refractivity contribution in [2.75, 3.05) is 0 Å². The molecule has 2 rings (SSSR count). The molecule has 2 aromatic rings. The van der Waals surface area contributed by atoms with Crippen LogP contribution in [-0.2, 0) is 30.7 Å². The Balaban J connectivity index is 2.46. The van der Waals surface area contributed by atoms with Gasteiger partial charge < -0.3 is 4.98 Å². The van der Waals surface area contributed by atoms with Crippen LogP contribution in [0.4, 0.5) is 0 Å². The number of hydrogen-bond acceptors (Lipinski definition) is 5. The Morgan fingerprint density at radius 1 is 1.24 bits per heavy atom. The Bertz CT molecular complexity index is 903. The number of nitrogens with zero attached hydrogens (tertiary/aromatic N) is 3. The van der Waals surface area contributed by atoms with Crippen molar-refractivity contribution in [1.29, 1.82) is 0 Å². The molecule has 2 heterocycles. The Hall–Kier alpha value is -1.94. The lowest BCUT2D eigenvalue weighted by molar-refractivity contribution is 0.570. The predicted octanol–water partition coefficient (Wildman–Crippen LogP) is -1.21. The van der Waals surface area contributed by atoms with Gasteiger partial charge in [-0.25, -0.2) is 22.9 Å². The maximum atomic E-state index is 12.0. The Morgan fingerprint density at radius 3 is 2.43 bits per heavy atom. The molecular weight excluding hydrogens is 298 g/mol. The summed E-state index contributed by atoms with van der Waals surface area (Å²) in [5.41, 5.74) is -0.632. The summed E-state index contributed by atoms with van der Waals surface area (Å²) in [6.07, 6.45) is 0. The first kappa shape index (κ1) is 15.4. The molecule has 2 aromatic heterocycles. The third-order valence-corrected chi connectivity index (χ3v) is 4.99. The number of hydrogen-bond donors (Lipinski definition) is 2. The van der Waals surface area contributed by atoms with E-state index in [-0.39, 0.29) is 23.5 Å². The Kier molecular flexibility index (Phi) is 3.76. The molecule has 0 aliphatic rings. The van der Waals surface area contributed by atoms with Crippen LogP contribution in [0.25, 0.3) is 11.2 Å². The highest BCUT2D eigenvalue weighted by molar-refractivity contribution is 7.90. The van der Waals surface area contributed by atoms with Crippen molar-refractivity contribution in [2.24, 2.45) is 14.1 Å². The molecule has 9 nitrogen and oxygen atoms in total. The van der Waals surface area contributed by atoms with Crippen LogP contribution < -0.4 is 16.0 Å². The molecule has 116 valence electrons. The molecule has 2 N–H and O–H groups in total. The maximum absolute atomic E-state index is 12.0. The van der Waals surface area contributed by atoms with E-state index in [0.717, 1.165) is 4.57 Å². The number of aromatic nitrogens is 4. The summed E-state index contributed by atoms with van der Waals surface area (Å²) in [7, 11) is -0.572. The molecule has 0 unspecified atom stereocenters. The Morgan fingerprint density at radius 2 is 1.86 bits per heavy atom. The van der Waals surface area contributed by atoms with E-state index in [9.17, 15) is 18.0 Å². The molecular formula is C11H17N5O4S. The van der Waals surface area contributed by atoms with Crippen LogP contribution in [0.15, 0.2) is 9.59 Å². The smallest absolute Gasteiger partial charge is 0.332 e. The minimum absolute atomic E-state index is 0.0768. The minimum atomic E-state index is -3.43. The average Bonchev–Trinajstić information content (AvgIpc) is 2.85. The zero-order chi connectivity index (χ0) is 15.9. The van der Waals surface area contributed by atoms with Crippen molar-refractivity contribution in [3.8, 4) is 0 Å². The van der Waals surface area contributed by atoms with Crippen LogP contribution in [-0.4, -0.2) is 32.8 Å². The molecule has 0 spiro atoms. The molecule has 0 bridgehead atoms. The molecule has 0 aromatic carbocycles. The minimum Gasteiger partial charge on any atom is -0.335 e. The molecule has 0 amide bonds. The average molecular weight is 315 g/mol. The van der Waals surface area contributed by atoms with Crippen molar-refractivity contribution >= 4 is 21.2 Å². The van der Waals surface area contributed by atoms with Gasteiger partial charge in [0.2, 0.25) is 10.0 Å². The second-order valence-electron chi connectivity index (χ2n) is 5.00. The number of aromatic amines is 1. The second-order valence-corrected chi connectivity index (χ2v) is 7.32. The van der Waals surface area contributed by atoms with Crippen molar-refractivity contribution in [1.82, 2.24) is 23.8 Å². The van der Waals surface area contributed by atoms with Crippen molar-refractivity contribution in [3.05, 3.63) is 26.7 Å². The monoisotopic (exact) mass is 315 g/mol. The van der Waals surface area contributed by atoms with Gasteiger partial charge in [-0.2, -0.15) is 0 Å². The summed E-state index contributed by atoms with van der Waals surface area (Å²) in [6, 6.07) is 0. The molecule has 0 aliphatic carbocycles. The Labute approximate surface area is 120 Å². The molecule has 0 atom stereocenters. The van der Waals surface area contributed by atoms with Crippen LogP contribution in [0.5, 0.6) is 0 Å². The van der Waals surface area contributed by atoms with E-state index in [1.165, 1.54) is 18.7 Å². The largest absolute Gasteiger partial charge is 0.335 e. The zero-order valence-corrected chi connectivity index (χ0v) is 13.0. The first-order valence-electron chi connectivity index (χ1n) is 6.28. The van der Waals surface area contributed by atoms with Gasteiger partial charge in [-0.1, -0.05) is 0 Å². The van der Waals surface area contributed by atoms with E-state index < -0.39 is 26.5 Å². The van der Waals surface area contributed by atoms with E-state index in [2.05, 4.69) is 14.7 Å². The fourth-order valence-corrected chi connectivity index (χ4v) is 2.46. The quantitative estimate of drug-likeness (QED) is 0.733. The number of H-pyrrole nitrogens is 1. The normalized spacial score (nSPS) is 12.4. The van der Waals surface area contributed by atoms with Crippen molar-refractivity contribution < 1.29 is 8.42 Å². The van der Waals surface area contributed by atoms with Gasteiger partial charge in [0, 0.05) is 14.1 Å².